The Labute approximate surface area is 264 Å². The number of rotatable bonds is 8. The fraction of sp³-hybridized carbons (Fsp3) is 0.344. The Kier molecular flexibility index (Phi) is 8.50. The van der Waals surface area contributed by atoms with Crippen LogP contribution in [0.15, 0.2) is 72.2 Å². The Morgan fingerprint density at radius 1 is 1.15 bits per heavy atom. The number of nitrogens with one attached hydrogen (secondary N) is 2. The van der Waals surface area contributed by atoms with Crippen LogP contribution in [0.4, 0.5) is 23.7 Å². The number of amides is 2. The molecule has 0 bridgehead atoms. The Bertz CT molecular complexity index is 1740. The Morgan fingerprint density at radius 2 is 1.87 bits per heavy atom. The largest absolute Gasteiger partial charge is 0.466 e. The number of hydrogen-bond acceptors (Lipinski definition) is 8. The lowest BCUT2D eigenvalue weighted by Crippen LogP contribution is -2.66. The number of carbonyl (C=O) groups is 2. The van der Waals surface area contributed by atoms with Crippen molar-refractivity contribution >= 4 is 17.7 Å². The summed E-state index contributed by atoms with van der Waals surface area (Å²) in [6, 6.07) is 12.0. The normalized spacial score (nSPS) is 19.9. The number of nitrogens with zero attached hydrogens (tertiary/aromatic N) is 6. The molecule has 2 amide bonds. The van der Waals surface area contributed by atoms with Gasteiger partial charge in [0.2, 0.25) is 0 Å². The number of quaternary nitrogens is 1. The summed E-state index contributed by atoms with van der Waals surface area (Å²) in [6.07, 6.45) is -0.813. The Hall–Kier alpha value is -5.00. The number of hydrogen-bond donors (Lipinski definition) is 2. The number of fused-ring (bicyclic) bond motifs is 1. The van der Waals surface area contributed by atoms with Crippen molar-refractivity contribution in [3.05, 3.63) is 100 Å². The van der Waals surface area contributed by atoms with Crippen LogP contribution in [0.2, 0.25) is 0 Å². The summed E-state index contributed by atoms with van der Waals surface area (Å²) in [5.41, 5.74) is 6.78. The number of anilines is 1. The number of methoxy groups -OCH3 is 1. The van der Waals surface area contributed by atoms with E-state index in [1.807, 2.05) is 14.1 Å². The molecule has 1 fully saturated rings. The number of halogens is 3. The molecular formula is C32H34F3N8O3+. The molecule has 5 rings (SSSR count). The van der Waals surface area contributed by atoms with Gasteiger partial charge < -0.3 is 14.1 Å². The number of allylic oxidation sites excluding steroid dienone is 1. The van der Waals surface area contributed by atoms with E-state index in [0.29, 0.717) is 46.5 Å². The molecule has 46 heavy (non-hydrogen) atoms. The SMILES string of the molecule is COC(=O)C1=C(C)N(c2cccc(C(F)(F)F)c2)C2(C)NNC(=O)N2[C@@H]1c1ccc(C#N)cc1CC[N+](C)(C)Cc1ncccn1. The number of esters is 1. The molecule has 1 saturated heterocycles. The minimum atomic E-state index is -4.62. The topological polar surface area (TPSA) is 123 Å². The Morgan fingerprint density at radius 3 is 2.52 bits per heavy atom. The summed E-state index contributed by atoms with van der Waals surface area (Å²) in [5, 5.41) is 9.76. The molecule has 2 aliphatic heterocycles. The van der Waals surface area contributed by atoms with Gasteiger partial charge in [-0.3, -0.25) is 10.3 Å². The minimum Gasteiger partial charge on any atom is -0.466 e. The second-order valence-corrected chi connectivity index (χ2v) is 12.0. The second-order valence-electron chi connectivity index (χ2n) is 12.0. The number of carbonyl (C=O) groups excluding carboxylic acids is 2. The van der Waals surface area contributed by atoms with Crippen LogP contribution in [0, 0.1) is 11.3 Å². The number of benzene rings is 2. The van der Waals surface area contributed by atoms with Crippen LogP contribution in [0.5, 0.6) is 0 Å². The minimum absolute atomic E-state index is 0.0635. The van der Waals surface area contributed by atoms with Crippen molar-refractivity contribution in [2.45, 2.75) is 44.8 Å². The smallest absolute Gasteiger partial charge is 0.416 e. The van der Waals surface area contributed by atoms with E-state index in [0.717, 1.165) is 12.1 Å². The van der Waals surface area contributed by atoms with Crippen molar-refractivity contribution in [3.8, 4) is 6.07 Å². The zero-order valence-corrected chi connectivity index (χ0v) is 26.0. The van der Waals surface area contributed by atoms with E-state index in [9.17, 15) is 28.0 Å². The van der Waals surface area contributed by atoms with Crippen LogP contribution in [-0.4, -0.2) is 64.9 Å². The number of hydrazine groups is 1. The van der Waals surface area contributed by atoms with E-state index >= 15 is 0 Å². The first kappa shape index (κ1) is 32.4. The van der Waals surface area contributed by atoms with Gasteiger partial charge in [0.15, 0.2) is 11.6 Å². The highest BCUT2D eigenvalue weighted by molar-refractivity contribution is 5.95. The Balaban J connectivity index is 1.65. The van der Waals surface area contributed by atoms with Gasteiger partial charge in [-0.25, -0.2) is 19.6 Å². The summed E-state index contributed by atoms with van der Waals surface area (Å²) < 4.78 is 47.0. The van der Waals surface area contributed by atoms with E-state index in [2.05, 4.69) is 26.9 Å². The molecule has 3 heterocycles. The third-order valence-electron chi connectivity index (χ3n) is 8.37. The van der Waals surface area contributed by atoms with Crippen molar-refractivity contribution in [3.63, 3.8) is 0 Å². The van der Waals surface area contributed by atoms with Gasteiger partial charge in [0.05, 0.1) is 56.6 Å². The van der Waals surface area contributed by atoms with Crippen molar-refractivity contribution < 1.29 is 32.0 Å². The van der Waals surface area contributed by atoms with E-state index < -0.39 is 35.6 Å². The quantitative estimate of drug-likeness (QED) is 0.276. The highest BCUT2D eigenvalue weighted by Gasteiger charge is 2.57. The first-order valence-electron chi connectivity index (χ1n) is 14.4. The summed E-state index contributed by atoms with van der Waals surface area (Å²) in [7, 11) is 5.25. The maximum atomic E-state index is 13.8. The van der Waals surface area contributed by atoms with Gasteiger partial charge in [-0.1, -0.05) is 12.1 Å². The van der Waals surface area contributed by atoms with Gasteiger partial charge in [0.1, 0.15) is 6.54 Å². The van der Waals surface area contributed by atoms with E-state index in [1.54, 1.807) is 50.5 Å². The summed E-state index contributed by atoms with van der Waals surface area (Å²) in [6.45, 7) is 4.36. The van der Waals surface area contributed by atoms with Gasteiger partial charge in [-0.2, -0.15) is 23.9 Å². The standard InChI is InChI=1S/C32H33F3N8O3/c1-20-27(29(44)46-5)28(42-30(45)39-40-31(42,2)41(20)24-9-6-8-23(17-24)32(33,34)35)25-11-10-21(18-36)16-22(25)12-15-43(3,4)19-26-37-13-7-14-38-26/h6-11,13-14,16-17,28,40H,12,15,19H2,1-5H3/p+1/t28-,31?/m1/s1. The van der Waals surface area contributed by atoms with E-state index in [4.69, 9.17) is 4.74 Å². The van der Waals surface area contributed by atoms with Gasteiger partial charge in [0, 0.05) is 30.2 Å². The molecule has 14 heteroatoms. The lowest BCUT2D eigenvalue weighted by molar-refractivity contribution is -0.904. The highest BCUT2D eigenvalue weighted by Crippen LogP contribution is 2.48. The average molecular weight is 636 g/mol. The zero-order chi connectivity index (χ0) is 33.4. The van der Waals surface area contributed by atoms with Crippen LogP contribution >= 0.6 is 0 Å². The number of likely N-dealkylation sites (N-methyl/N-ethyl adjacent to an activating group) is 1. The van der Waals surface area contributed by atoms with Crippen molar-refractivity contribution in [2.75, 3.05) is 32.6 Å². The lowest BCUT2D eigenvalue weighted by atomic mass is 9.86. The molecule has 2 aromatic carbocycles. The van der Waals surface area contributed by atoms with E-state index in [1.165, 1.54) is 29.0 Å². The fourth-order valence-corrected chi connectivity index (χ4v) is 6.18. The molecule has 0 saturated carbocycles. The zero-order valence-electron chi connectivity index (χ0n) is 26.0. The van der Waals surface area contributed by atoms with Crippen LogP contribution in [-0.2, 0) is 28.7 Å². The number of alkyl halides is 3. The predicted molar refractivity (Wildman–Crippen MR) is 161 cm³/mol. The van der Waals surface area contributed by atoms with Crippen LogP contribution in [0.1, 0.15) is 48.0 Å². The van der Waals surface area contributed by atoms with Crippen LogP contribution in [0.3, 0.4) is 0 Å². The highest BCUT2D eigenvalue weighted by atomic mass is 19.4. The van der Waals surface area contributed by atoms with E-state index in [-0.39, 0.29) is 17.0 Å². The van der Waals surface area contributed by atoms with Crippen LogP contribution < -0.4 is 15.8 Å². The van der Waals surface area contributed by atoms with Gasteiger partial charge in [-0.15, -0.1) is 0 Å². The molecule has 2 N–H and O–H groups in total. The third kappa shape index (κ3) is 5.99. The second kappa shape index (κ2) is 12.1. The number of urea groups is 1. The van der Waals surface area contributed by atoms with Crippen LogP contribution in [0.25, 0.3) is 0 Å². The first-order chi connectivity index (χ1) is 21.7. The molecule has 0 spiro atoms. The molecule has 0 radical (unpaired) electrons. The summed E-state index contributed by atoms with van der Waals surface area (Å²) >= 11 is 0. The molecule has 0 aliphatic carbocycles. The number of aromatic nitrogens is 2. The molecule has 1 aromatic heterocycles. The predicted octanol–water partition coefficient (Wildman–Crippen LogP) is 4.40. The van der Waals surface area contributed by atoms with Gasteiger partial charge >= 0.3 is 18.2 Å². The molecular weight excluding hydrogens is 601 g/mol. The molecule has 2 aliphatic rings. The maximum absolute atomic E-state index is 13.8. The van der Waals surface area contributed by atoms with Crippen molar-refractivity contribution in [2.24, 2.45) is 0 Å². The lowest BCUT2D eigenvalue weighted by Gasteiger charge is -2.52. The van der Waals surface area contributed by atoms with Gasteiger partial charge in [0.25, 0.3) is 0 Å². The molecule has 11 nitrogen and oxygen atoms in total. The first-order valence-corrected chi connectivity index (χ1v) is 14.4. The van der Waals surface area contributed by atoms with Gasteiger partial charge in [-0.05, 0) is 61.4 Å². The molecule has 240 valence electrons. The monoisotopic (exact) mass is 635 g/mol. The average Bonchev–Trinajstić information content (AvgIpc) is 3.32. The fourth-order valence-electron chi connectivity index (χ4n) is 6.18. The maximum Gasteiger partial charge on any atom is 0.416 e. The summed E-state index contributed by atoms with van der Waals surface area (Å²) in [5.74, 6) is -1.55. The molecule has 3 aromatic rings. The number of ether oxygens (including phenoxy) is 1. The van der Waals surface area contributed by atoms with Crippen molar-refractivity contribution in [1.82, 2.24) is 25.7 Å². The number of nitriles is 1. The molecule has 1 unspecified atom stereocenters. The summed E-state index contributed by atoms with van der Waals surface area (Å²) in [4.78, 5) is 38.7. The third-order valence-corrected chi connectivity index (χ3v) is 8.37. The molecule has 2 atom stereocenters. The van der Waals surface area contributed by atoms with Crippen molar-refractivity contribution in [1.29, 1.82) is 5.26 Å².